The number of rotatable bonds is 6. The standard InChI is InChI=1S/C16H27FN2O7SSi/c1-16(2,3)28(5,6)24-9-12-11(26-27(4,22)23)7-13(25-12)19-8-10(17)14(20)18-15(19)21/h8,11-13H,7,9H2,1-6H3,(H,18,20,21)/t11-,12+,13+/m0/s1. The molecule has 1 saturated heterocycles. The Labute approximate surface area is 164 Å². The van der Waals surface area contributed by atoms with Crippen molar-refractivity contribution in [2.45, 2.75) is 63.8 Å². The predicted molar refractivity (Wildman–Crippen MR) is 103 cm³/mol. The van der Waals surface area contributed by atoms with Gasteiger partial charge in [-0.1, -0.05) is 20.8 Å². The summed E-state index contributed by atoms with van der Waals surface area (Å²) in [7, 11) is -5.95. The number of aromatic nitrogens is 2. The molecule has 0 aliphatic carbocycles. The Balaban J connectivity index is 2.27. The van der Waals surface area contributed by atoms with Crippen LogP contribution in [0.3, 0.4) is 0 Å². The van der Waals surface area contributed by atoms with E-state index in [4.69, 9.17) is 13.3 Å². The van der Waals surface area contributed by atoms with Gasteiger partial charge in [-0.05, 0) is 18.1 Å². The van der Waals surface area contributed by atoms with Gasteiger partial charge in [-0.3, -0.25) is 18.5 Å². The van der Waals surface area contributed by atoms with Crippen molar-refractivity contribution in [3.8, 4) is 0 Å². The van der Waals surface area contributed by atoms with Crippen LogP contribution in [0.2, 0.25) is 18.1 Å². The van der Waals surface area contributed by atoms with E-state index in [2.05, 4.69) is 20.8 Å². The van der Waals surface area contributed by atoms with Gasteiger partial charge in [0.05, 0.1) is 19.1 Å². The summed E-state index contributed by atoms with van der Waals surface area (Å²) in [6.07, 6.45) is -1.07. The van der Waals surface area contributed by atoms with E-state index in [1.807, 2.05) is 18.1 Å². The quantitative estimate of drug-likeness (QED) is 0.526. The van der Waals surface area contributed by atoms with Crippen molar-refractivity contribution in [3.05, 3.63) is 32.9 Å². The minimum absolute atomic E-state index is 0.0238. The monoisotopic (exact) mass is 438 g/mol. The lowest BCUT2D eigenvalue weighted by atomic mass is 10.2. The van der Waals surface area contributed by atoms with Gasteiger partial charge in [-0.2, -0.15) is 12.8 Å². The van der Waals surface area contributed by atoms with Gasteiger partial charge < -0.3 is 9.16 Å². The molecule has 0 saturated carbocycles. The zero-order chi connectivity index (χ0) is 21.5. The third-order valence-corrected chi connectivity index (χ3v) is 10.2. The fraction of sp³-hybridized carbons (Fsp3) is 0.750. The molecule has 1 aliphatic heterocycles. The summed E-state index contributed by atoms with van der Waals surface area (Å²) in [5.41, 5.74) is -2.00. The molecule has 160 valence electrons. The smallest absolute Gasteiger partial charge is 0.330 e. The van der Waals surface area contributed by atoms with Gasteiger partial charge in [-0.15, -0.1) is 0 Å². The molecule has 2 rings (SSSR count). The first-order valence-corrected chi connectivity index (χ1v) is 13.5. The molecule has 12 heteroatoms. The Morgan fingerprint density at radius 1 is 1.36 bits per heavy atom. The minimum Gasteiger partial charge on any atom is -0.414 e. The SMILES string of the molecule is CC(C)(C)[Si](C)(C)OC[C@H]1O[C@@H](n2cc(F)c(=O)[nH]c2=O)C[C@@H]1OS(C)(=O)=O. The Hall–Kier alpha value is -1.34. The number of nitrogens with zero attached hydrogens (tertiary/aromatic N) is 1. The first-order chi connectivity index (χ1) is 12.6. The molecule has 28 heavy (non-hydrogen) atoms. The lowest BCUT2D eigenvalue weighted by molar-refractivity contribution is -0.0390. The highest BCUT2D eigenvalue weighted by Gasteiger charge is 2.43. The van der Waals surface area contributed by atoms with Crippen LogP contribution in [-0.2, 0) is 23.5 Å². The fourth-order valence-corrected chi connectivity index (χ4v) is 4.19. The van der Waals surface area contributed by atoms with Crippen LogP contribution in [0.5, 0.6) is 0 Å². The molecule has 0 spiro atoms. The zero-order valence-electron chi connectivity index (χ0n) is 16.8. The van der Waals surface area contributed by atoms with Crippen LogP contribution in [0.25, 0.3) is 0 Å². The van der Waals surface area contributed by atoms with Crippen molar-refractivity contribution >= 4 is 18.4 Å². The van der Waals surface area contributed by atoms with E-state index in [0.717, 1.165) is 17.0 Å². The van der Waals surface area contributed by atoms with E-state index in [1.165, 1.54) is 0 Å². The minimum atomic E-state index is -3.80. The molecule has 1 N–H and O–H groups in total. The summed E-state index contributed by atoms with van der Waals surface area (Å²) in [6.45, 7) is 10.3. The Morgan fingerprint density at radius 3 is 2.50 bits per heavy atom. The van der Waals surface area contributed by atoms with Crippen LogP contribution < -0.4 is 11.2 Å². The molecule has 0 amide bonds. The third-order valence-electron chi connectivity index (χ3n) is 5.13. The number of aromatic amines is 1. The summed E-state index contributed by atoms with van der Waals surface area (Å²) < 4.78 is 54.7. The number of nitrogens with one attached hydrogen (secondary N) is 1. The fourth-order valence-electron chi connectivity index (χ4n) is 2.53. The van der Waals surface area contributed by atoms with Crippen molar-refractivity contribution in [3.63, 3.8) is 0 Å². The van der Waals surface area contributed by atoms with Crippen LogP contribution in [0, 0.1) is 5.82 Å². The van der Waals surface area contributed by atoms with Gasteiger partial charge in [0.15, 0.2) is 8.32 Å². The predicted octanol–water partition coefficient (Wildman–Crippen LogP) is 1.33. The maximum absolute atomic E-state index is 13.6. The first-order valence-electron chi connectivity index (χ1n) is 8.79. The van der Waals surface area contributed by atoms with E-state index in [9.17, 15) is 22.4 Å². The second kappa shape index (κ2) is 7.82. The molecule has 0 radical (unpaired) electrons. The van der Waals surface area contributed by atoms with E-state index in [0.29, 0.717) is 0 Å². The number of hydrogen-bond donors (Lipinski definition) is 1. The normalized spacial score (nSPS) is 23.9. The van der Waals surface area contributed by atoms with Gasteiger partial charge in [0.1, 0.15) is 18.4 Å². The summed E-state index contributed by atoms with van der Waals surface area (Å²) in [6, 6.07) is 0. The Morgan fingerprint density at radius 2 is 1.96 bits per heavy atom. The molecule has 0 aromatic carbocycles. The summed E-state index contributed by atoms with van der Waals surface area (Å²) in [5, 5.41) is -0.0722. The van der Waals surface area contributed by atoms with Gasteiger partial charge in [0.2, 0.25) is 5.82 Å². The Bertz CT molecular complexity index is 936. The van der Waals surface area contributed by atoms with Gasteiger partial charge in [0.25, 0.3) is 15.7 Å². The molecule has 3 atom stereocenters. The molecule has 1 fully saturated rings. The number of hydrogen-bond acceptors (Lipinski definition) is 7. The molecular weight excluding hydrogens is 411 g/mol. The van der Waals surface area contributed by atoms with E-state index in [-0.39, 0.29) is 18.1 Å². The summed E-state index contributed by atoms with van der Waals surface area (Å²) in [5.74, 6) is -1.15. The molecule has 0 unspecified atom stereocenters. The largest absolute Gasteiger partial charge is 0.414 e. The van der Waals surface area contributed by atoms with Crippen molar-refractivity contribution in [1.82, 2.24) is 9.55 Å². The van der Waals surface area contributed by atoms with Crippen molar-refractivity contribution in [1.29, 1.82) is 0 Å². The van der Waals surface area contributed by atoms with Crippen LogP contribution in [0.15, 0.2) is 15.8 Å². The third kappa shape index (κ3) is 5.38. The molecule has 1 aromatic heterocycles. The maximum atomic E-state index is 13.6. The van der Waals surface area contributed by atoms with E-state index < -0.39 is 53.9 Å². The molecule has 2 heterocycles. The van der Waals surface area contributed by atoms with Gasteiger partial charge in [-0.25, -0.2) is 4.79 Å². The summed E-state index contributed by atoms with van der Waals surface area (Å²) >= 11 is 0. The Kier molecular flexibility index (Phi) is 6.41. The number of ether oxygens (including phenoxy) is 1. The average molecular weight is 439 g/mol. The van der Waals surface area contributed by atoms with Crippen molar-refractivity contribution in [2.24, 2.45) is 0 Å². The highest BCUT2D eigenvalue weighted by atomic mass is 32.2. The lowest BCUT2D eigenvalue weighted by Gasteiger charge is -2.37. The lowest BCUT2D eigenvalue weighted by Crippen LogP contribution is -2.44. The van der Waals surface area contributed by atoms with Crippen molar-refractivity contribution in [2.75, 3.05) is 12.9 Å². The summed E-state index contributed by atoms with van der Waals surface area (Å²) in [4.78, 5) is 25.1. The van der Waals surface area contributed by atoms with Crippen LogP contribution in [0.1, 0.15) is 33.4 Å². The first kappa shape index (κ1) is 22.9. The number of halogens is 1. The zero-order valence-corrected chi connectivity index (χ0v) is 18.6. The topological polar surface area (TPSA) is 117 Å². The molecule has 0 bridgehead atoms. The maximum Gasteiger partial charge on any atom is 0.330 e. The van der Waals surface area contributed by atoms with Gasteiger partial charge >= 0.3 is 5.69 Å². The van der Waals surface area contributed by atoms with Gasteiger partial charge in [0, 0.05) is 6.42 Å². The van der Waals surface area contributed by atoms with E-state index in [1.54, 1.807) is 0 Å². The molecule has 9 nitrogen and oxygen atoms in total. The van der Waals surface area contributed by atoms with Crippen LogP contribution in [0.4, 0.5) is 4.39 Å². The molecule has 1 aliphatic rings. The molecule has 1 aromatic rings. The second-order valence-electron chi connectivity index (χ2n) is 8.42. The van der Waals surface area contributed by atoms with E-state index >= 15 is 0 Å². The number of H-pyrrole nitrogens is 1. The molecular formula is C16H27FN2O7SSi. The highest BCUT2D eigenvalue weighted by Crippen LogP contribution is 2.38. The second-order valence-corrected chi connectivity index (χ2v) is 14.8. The average Bonchev–Trinajstić information content (AvgIpc) is 2.88. The van der Waals surface area contributed by atoms with Crippen molar-refractivity contribution < 1.29 is 26.2 Å². The van der Waals surface area contributed by atoms with Crippen LogP contribution >= 0.6 is 0 Å². The van der Waals surface area contributed by atoms with Crippen LogP contribution in [-0.4, -0.2) is 51.4 Å². The highest BCUT2D eigenvalue weighted by molar-refractivity contribution is 7.86.